The van der Waals surface area contributed by atoms with Gasteiger partial charge in [0, 0.05) is 12.8 Å². The number of carbonyl (C=O) groups is 1. The SMILES string of the molecule is COC(=O)c1cncc(OCC(N)C[O][Al])c1. The summed E-state index contributed by atoms with van der Waals surface area (Å²) in [6, 6.07) is 1.31. The van der Waals surface area contributed by atoms with Gasteiger partial charge in [-0.15, -0.1) is 0 Å². The molecular weight excluding hydrogens is 239 g/mol. The fourth-order valence-electron chi connectivity index (χ4n) is 1.10. The van der Waals surface area contributed by atoms with Gasteiger partial charge in [0.05, 0.1) is 24.9 Å². The summed E-state index contributed by atoms with van der Waals surface area (Å²) in [5, 5.41) is 0. The molecule has 0 spiro atoms. The first-order chi connectivity index (χ1) is 8.17. The molecule has 90 valence electrons. The van der Waals surface area contributed by atoms with Gasteiger partial charge in [0.2, 0.25) is 0 Å². The third-order valence-electron chi connectivity index (χ3n) is 1.91. The highest BCUT2D eigenvalue weighted by Crippen LogP contribution is 2.12. The molecule has 0 aliphatic carbocycles. The Morgan fingerprint density at radius 1 is 1.53 bits per heavy atom. The first kappa shape index (κ1) is 13.9. The van der Waals surface area contributed by atoms with E-state index in [9.17, 15) is 4.79 Å². The molecule has 6 nitrogen and oxygen atoms in total. The van der Waals surface area contributed by atoms with E-state index < -0.39 is 5.97 Å². The van der Waals surface area contributed by atoms with E-state index in [-0.39, 0.29) is 12.6 Å². The molecule has 1 aromatic heterocycles. The van der Waals surface area contributed by atoms with E-state index in [1.165, 1.54) is 19.5 Å². The topological polar surface area (TPSA) is 83.7 Å². The van der Waals surface area contributed by atoms with Crippen LogP contribution in [0, 0.1) is 0 Å². The molecule has 0 aliphatic heterocycles. The van der Waals surface area contributed by atoms with Crippen molar-refractivity contribution in [1.29, 1.82) is 0 Å². The van der Waals surface area contributed by atoms with E-state index in [0.29, 0.717) is 17.9 Å². The van der Waals surface area contributed by atoms with Crippen molar-refractivity contribution in [3.63, 3.8) is 0 Å². The van der Waals surface area contributed by atoms with Gasteiger partial charge in [-0.05, 0) is 6.07 Å². The molecular formula is C10H13AlN2O4. The molecule has 7 heteroatoms. The molecule has 0 bridgehead atoms. The van der Waals surface area contributed by atoms with Crippen molar-refractivity contribution in [2.45, 2.75) is 6.04 Å². The number of ether oxygens (including phenoxy) is 2. The summed E-state index contributed by atoms with van der Waals surface area (Å²) in [6.45, 7) is 0.648. The molecule has 2 N–H and O–H groups in total. The number of esters is 1. The highest BCUT2D eigenvalue weighted by Gasteiger charge is 2.08. The monoisotopic (exact) mass is 252 g/mol. The van der Waals surface area contributed by atoms with E-state index in [1.807, 2.05) is 0 Å². The van der Waals surface area contributed by atoms with E-state index in [2.05, 4.69) is 26.3 Å². The second kappa shape index (κ2) is 7.25. The molecule has 0 saturated heterocycles. The molecule has 0 saturated carbocycles. The number of methoxy groups -OCH3 is 1. The van der Waals surface area contributed by atoms with Crippen LogP contribution in [0.2, 0.25) is 0 Å². The maximum absolute atomic E-state index is 11.2. The minimum atomic E-state index is -0.458. The number of nitrogens with zero attached hydrogens (tertiary/aromatic N) is 1. The van der Waals surface area contributed by atoms with Crippen LogP contribution in [0.3, 0.4) is 0 Å². The lowest BCUT2D eigenvalue weighted by Crippen LogP contribution is -2.32. The van der Waals surface area contributed by atoms with Crippen LogP contribution in [0.4, 0.5) is 0 Å². The Bertz CT molecular complexity index is 375. The van der Waals surface area contributed by atoms with Gasteiger partial charge in [0.1, 0.15) is 12.4 Å². The molecule has 0 aliphatic rings. The lowest BCUT2D eigenvalue weighted by molar-refractivity contribution is 0.0599. The number of carbonyl (C=O) groups excluding carboxylic acids is 1. The summed E-state index contributed by atoms with van der Waals surface area (Å²) in [4.78, 5) is 15.1. The lowest BCUT2D eigenvalue weighted by atomic mass is 10.3. The van der Waals surface area contributed by atoms with Crippen LogP contribution >= 0.6 is 0 Å². The quantitative estimate of drug-likeness (QED) is 0.551. The summed E-state index contributed by atoms with van der Waals surface area (Å²) in [5.74, 6) is 0.00708. The first-order valence-electron chi connectivity index (χ1n) is 4.90. The Hall–Kier alpha value is -1.13. The normalized spacial score (nSPS) is 11.9. The summed E-state index contributed by atoms with van der Waals surface area (Å²) >= 11 is 2.12. The van der Waals surface area contributed by atoms with E-state index in [0.717, 1.165) is 0 Å². The maximum Gasteiger partial charge on any atom is 0.369 e. The summed E-state index contributed by atoms with van der Waals surface area (Å²) in [6.07, 6.45) is 2.91. The number of hydrogen-bond donors (Lipinski definition) is 1. The number of pyridine rings is 1. The molecule has 17 heavy (non-hydrogen) atoms. The highest BCUT2D eigenvalue weighted by molar-refractivity contribution is 5.97. The zero-order valence-electron chi connectivity index (χ0n) is 9.46. The number of aromatic nitrogens is 1. The Balaban J connectivity index is 2.57. The second-order valence-corrected chi connectivity index (χ2v) is 3.64. The summed E-state index contributed by atoms with van der Waals surface area (Å²) in [5.41, 5.74) is 6.01. The van der Waals surface area contributed by atoms with Crippen LogP contribution < -0.4 is 10.5 Å². The van der Waals surface area contributed by atoms with Crippen LogP contribution in [0.1, 0.15) is 10.4 Å². The number of hydrogen-bond acceptors (Lipinski definition) is 6. The number of nitrogens with two attached hydrogens (primary N) is 1. The predicted molar refractivity (Wildman–Crippen MR) is 60.8 cm³/mol. The molecule has 1 aromatic rings. The third-order valence-corrected chi connectivity index (χ3v) is 2.10. The molecule has 1 heterocycles. The summed E-state index contributed by atoms with van der Waals surface area (Å²) < 4.78 is 14.7. The Morgan fingerprint density at radius 2 is 2.29 bits per heavy atom. The van der Waals surface area contributed by atoms with Gasteiger partial charge in [-0.3, -0.25) is 4.98 Å². The lowest BCUT2D eigenvalue weighted by Gasteiger charge is -2.13. The molecule has 1 atom stereocenters. The van der Waals surface area contributed by atoms with Gasteiger partial charge in [0.15, 0.2) is 0 Å². The minimum absolute atomic E-state index is 0.241. The average molecular weight is 252 g/mol. The zero-order valence-corrected chi connectivity index (χ0v) is 10.6. The van der Waals surface area contributed by atoms with Gasteiger partial charge in [-0.2, -0.15) is 0 Å². The van der Waals surface area contributed by atoms with E-state index in [1.54, 1.807) is 6.07 Å². The third kappa shape index (κ3) is 4.71. The van der Waals surface area contributed by atoms with Crippen molar-refractivity contribution in [3.05, 3.63) is 24.0 Å². The van der Waals surface area contributed by atoms with Crippen LogP contribution in [-0.4, -0.2) is 53.9 Å². The van der Waals surface area contributed by atoms with Crippen LogP contribution in [-0.2, 0) is 8.53 Å². The van der Waals surface area contributed by atoms with Crippen molar-refractivity contribution >= 4 is 22.6 Å². The minimum Gasteiger partial charge on any atom is -0.515 e. The van der Waals surface area contributed by atoms with Crippen LogP contribution in [0.5, 0.6) is 5.75 Å². The van der Waals surface area contributed by atoms with Gasteiger partial charge >= 0.3 is 22.6 Å². The summed E-state index contributed by atoms with van der Waals surface area (Å²) in [7, 11) is 1.31. The molecule has 0 fully saturated rings. The molecule has 1 unspecified atom stereocenters. The predicted octanol–water partition coefficient (Wildman–Crippen LogP) is -0.326. The number of rotatable bonds is 6. The van der Waals surface area contributed by atoms with Gasteiger partial charge in [-0.25, -0.2) is 4.79 Å². The fraction of sp³-hybridized carbons (Fsp3) is 0.400. The van der Waals surface area contributed by atoms with Gasteiger partial charge in [0.25, 0.3) is 0 Å². The van der Waals surface area contributed by atoms with Crippen molar-refractivity contribution in [2.75, 3.05) is 20.3 Å². The van der Waals surface area contributed by atoms with Crippen LogP contribution in [0.25, 0.3) is 0 Å². The first-order valence-corrected chi connectivity index (χ1v) is 5.38. The Labute approximate surface area is 108 Å². The van der Waals surface area contributed by atoms with Gasteiger partial charge in [-0.1, -0.05) is 0 Å². The van der Waals surface area contributed by atoms with E-state index >= 15 is 0 Å². The zero-order chi connectivity index (χ0) is 12.7. The average Bonchev–Trinajstić information content (AvgIpc) is 2.36. The van der Waals surface area contributed by atoms with E-state index in [4.69, 9.17) is 14.3 Å². The Morgan fingerprint density at radius 3 is 2.94 bits per heavy atom. The Kier molecular flexibility index (Phi) is 5.94. The molecule has 2 radical (unpaired) electrons. The largest absolute Gasteiger partial charge is 0.515 e. The fourth-order valence-corrected chi connectivity index (χ4v) is 1.35. The van der Waals surface area contributed by atoms with Crippen molar-refractivity contribution in [2.24, 2.45) is 5.73 Å². The van der Waals surface area contributed by atoms with Gasteiger partial charge < -0.3 is 19.0 Å². The van der Waals surface area contributed by atoms with Crippen molar-refractivity contribution < 1.29 is 18.1 Å². The molecule has 0 amide bonds. The smallest absolute Gasteiger partial charge is 0.369 e. The highest BCUT2D eigenvalue weighted by atomic mass is 27.1. The van der Waals surface area contributed by atoms with Crippen molar-refractivity contribution in [3.8, 4) is 5.75 Å². The van der Waals surface area contributed by atoms with Crippen molar-refractivity contribution in [1.82, 2.24) is 4.98 Å². The molecule has 0 aromatic carbocycles. The second-order valence-electron chi connectivity index (χ2n) is 3.31. The maximum atomic E-state index is 11.2. The standard InChI is InChI=1S/C10H13N2O4.Al/c1-15-10(14)7-2-9(4-12-3-7)16-6-8(11)5-13;/h2-4,8H,5-6,11H2,1H3;/q-1;+1. The van der Waals surface area contributed by atoms with Crippen LogP contribution in [0.15, 0.2) is 18.5 Å². The molecule has 1 rings (SSSR count).